The average molecular weight is 485 g/mol. The Hall–Kier alpha value is -2.93. The van der Waals surface area contributed by atoms with Gasteiger partial charge in [0.1, 0.15) is 11.5 Å². The first-order chi connectivity index (χ1) is 17.0. The van der Waals surface area contributed by atoms with Crippen LogP contribution in [0.3, 0.4) is 0 Å². The molecule has 1 fully saturated rings. The summed E-state index contributed by atoms with van der Waals surface area (Å²) in [7, 11) is 0. The number of piperidine rings is 1. The molecule has 2 heterocycles. The highest BCUT2D eigenvalue weighted by Crippen LogP contribution is 2.31. The van der Waals surface area contributed by atoms with Crippen LogP contribution in [0.5, 0.6) is 0 Å². The van der Waals surface area contributed by atoms with E-state index in [9.17, 15) is 8.78 Å². The van der Waals surface area contributed by atoms with Gasteiger partial charge < -0.3 is 9.80 Å². The second kappa shape index (κ2) is 12.7. The summed E-state index contributed by atoms with van der Waals surface area (Å²) in [6.07, 6.45) is -0.641. The molecule has 0 aliphatic carbocycles. The molecule has 4 rings (SSSR count). The molecule has 188 valence electrons. The van der Waals surface area contributed by atoms with Crippen molar-refractivity contribution < 1.29 is 13.2 Å². The minimum Gasteiger partial charge on any atom is -0.341 e. The Balaban J connectivity index is 0.00000167. The van der Waals surface area contributed by atoms with Crippen molar-refractivity contribution in [1.82, 2.24) is 4.90 Å². The van der Waals surface area contributed by atoms with Gasteiger partial charge in [-0.2, -0.15) is 10.2 Å². The van der Waals surface area contributed by atoms with E-state index < -0.39 is 12.2 Å². The fourth-order valence-electron chi connectivity index (χ4n) is 4.44. The molecule has 1 saturated heterocycles. The lowest BCUT2D eigenvalue weighted by Crippen LogP contribution is -2.37. The van der Waals surface area contributed by atoms with Gasteiger partial charge in [-0.1, -0.05) is 57.7 Å². The second-order valence-corrected chi connectivity index (χ2v) is 8.54. The first kappa shape index (κ1) is 26.7. The van der Waals surface area contributed by atoms with Gasteiger partial charge in [-0.05, 0) is 50.7 Å². The summed E-state index contributed by atoms with van der Waals surface area (Å²) < 4.78 is 40.8. The SMILES string of the molecule is C=C(C1CCN(CC)CC1)N(Cc1ccc(C2=NN=C(C(F)F)C2)cc1F)c1ccccc1.CC. The van der Waals surface area contributed by atoms with Crippen LogP contribution in [0.2, 0.25) is 0 Å². The van der Waals surface area contributed by atoms with E-state index in [0.717, 1.165) is 43.9 Å². The van der Waals surface area contributed by atoms with Crippen LogP contribution >= 0.6 is 0 Å². The standard InChI is InChI=1S/C26H29F3N4.C2H6/c1-3-32-13-11-19(12-14-32)18(2)33(22-7-5-4-6-8-22)17-21-10-9-20(15-23(21)27)24-16-25(26(28)29)31-30-24;1-2/h4-10,15,19,26H,2-3,11-14,16-17H2,1H3;1-2H3. The molecule has 7 heteroatoms. The number of benzene rings is 2. The molecule has 2 aromatic carbocycles. The Kier molecular flexibility index (Phi) is 9.66. The number of likely N-dealkylation sites (tertiary alicyclic amines) is 1. The van der Waals surface area contributed by atoms with E-state index >= 15 is 4.39 Å². The molecule has 2 aliphatic rings. The zero-order chi connectivity index (χ0) is 25.4. The van der Waals surface area contributed by atoms with Crippen LogP contribution in [-0.4, -0.2) is 42.4 Å². The second-order valence-electron chi connectivity index (χ2n) is 8.54. The molecule has 0 saturated carbocycles. The minimum absolute atomic E-state index is 0.0557. The van der Waals surface area contributed by atoms with Crippen molar-refractivity contribution in [1.29, 1.82) is 0 Å². The van der Waals surface area contributed by atoms with Crippen molar-refractivity contribution in [3.63, 3.8) is 0 Å². The lowest BCUT2D eigenvalue weighted by Gasteiger charge is -2.37. The highest BCUT2D eigenvalue weighted by molar-refractivity contribution is 6.15. The molecule has 0 amide bonds. The lowest BCUT2D eigenvalue weighted by atomic mass is 9.92. The average Bonchev–Trinajstić information content (AvgIpc) is 3.40. The van der Waals surface area contributed by atoms with Gasteiger partial charge in [-0.15, -0.1) is 0 Å². The predicted octanol–water partition coefficient (Wildman–Crippen LogP) is 6.92. The maximum absolute atomic E-state index is 15.1. The number of anilines is 1. The van der Waals surface area contributed by atoms with Gasteiger partial charge in [-0.25, -0.2) is 13.2 Å². The van der Waals surface area contributed by atoms with Crippen molar-refractivity contribution in [2.75, 3.05) is 24.5 Å². The Bertz CT molecular complexity index is 1040. The van der Waals surface area contributed by atoms with E-state index in [1.54, 1.807) is 12.1 Å². The number of para-hydroxylation sites is 1. The molecule has 0 spiro atoms. The number of hydrogen-bond acceptors (Lipinski definition) is 4. The molecule has 2 aromatic rings. The zero-order valence-corrected chi connectivity index (χ0v) is 20.9. The highest BCUT2D eigenvalue weighted by atomic mass is 19.3. The Morgan fingerprint density at radius 1 is 1.09 bits per heavy atom. The van der Waals surface area contributed by atoms with E-state index in [1.165, 1.54) is 6.07 Å². The fraction of sp³-hybridized carbons (Fsp3) is 0.429. The molecular formula is C28H35F3N4. The van der Waals surface area contributed by atoms with Crippen LogP contribution in [-0.2, 0) is 6.54 Å². The summed E-state index contributed by atoms with van der Waals surface area (Å²) in [5, 5.41) is 7.35. The van der Waals surface area contributed by atoms with Crippen LogP contribution in [0.25, 0.3) is 0 Å². The molecular weight excluding hydrogens is 449 g/mol. The van der Waals surface area contributed by atoms with Crippen molar-refractivity contribution in [3.05, 3.63) is 77.8 Å². The van der Waals surface area contributed by atoms with Gasteiger partial charge in [0.15, 0.2) is 0 Å². The minimum atomic E-state index is -2.65. The van der Waals surface area contributed by atoms with Crippen LogP contribution in [0.15, 0.2) is 71.0 Å². The van der Waals surface area contributed by atoms with Crippen molar-refractivity contribution >= 4 is 17.1 Å². The normalized spacial score (nSPS) is 16.4. The van der Waals surface area contributed by atoms with Gasteiger partial charge in [0, 0.05) is 34.9 Å². The molecule has 0 N–H and O–H groups in total. The number of allylic oxidation sites excluding steroid dienone is 1. The number of alkyl halides is 2. The summed E-state index contributed by atoms with van der Waals surface area (Å²) in [5.74, 6) is -0.0525. The number of hydrogen-bond donors (Lipinski definition) is 0. The van der Waals surface area contributed by atoms with Crippen LogP contribution in [0.1, 0.15) is 51.2 Å². The Morgan fingerprint density at radius 3 is 2.34 bits per heavy atom. The summed E-state index contributed by atoms with van der Waals surface area (Å²) in [6, 6.07) is 14.7. The maximum Gasteiger partial charge on any atom is 0.278 e. The number of rotatable bonds is 8. The van der Waals surface area contributed by atoms with E-state index in [1.807, 2.05) is 44.2 Å². The summed E-state index contributed by atoms with van der Waals surface area (Å²) in [6.45, 7) is 14.1. The van der Waals surface area contributed by atoms with Gasteiger partial charge in [-0.3, -0.25) is 0 Å². The van der Waals surface area contributed by atoms with E-state index in [-0.39, 0.29) is 12.1 Å². The molecule has 2 aliphatic heterocycles. The first-order valence-electron chi connectivity index (χ1n) is 12.4. The van der Waals surface area contributed by atoms with Crippen molar-refractivity contribution in [3.8, 4) is 0 Å². The Labute approximate surface area is 206 Å². The van der Waals surface area contributed by atoms with Crippen molar-refractivity contribution in [2.24, 2.45) is 16.1 Å². The monoisotopic (exact) mass is 484 g/mol. The largest absolute Gasteiger partial charge is 0.341 e. The topological polar surface area (TPSA) is 31.2 Å². The lowest BCUT2D eigenvalue weighted by molar-refractivity contribution is 0.206. The Morgan fingerprint density at radius 2 is 1.77 bits per heavy atom. The molecule has 0 atom stereocenters. The van der Waals surface area contributed by atoms with Gasteiger partial charge in [0.25, 0.3) is 6.43 Å². The van der Waals surface area contributed by atoms with E-state index in [2.05, 4.69) is 33.5 Å². The van der Waals surface area contributed by atoms with E-state index in [4.69, 9.17) is 0 Å². The van der Waals surface area contributed by atoms with Gasteiger partial charge in [0.2, 0.25) is 0 Å². The summed E-state index contributed by atoms with van der Waals surface area (Å²) >= 11 is 0. The third kappa shape index (κ3) is 6.60. The van der Waals surface area contributed by atoms with Crippen LogP contribution in [0, 0.1) is 11.7 Å². The van der Waals surface area contributed by atoms with Gasteiger partial charge >= 0.3 is 0 Å². The first-order valence-corrected chi connectivity index (χ1v) is 12.4. The summed E-state index contributed by atoms with van der Waals surface area (Å²) in [4.78, 5) is 4.53. The molecule has 4 nitrogen and oxygen atoms in total. The molecule has 0 unspecified atom stereocenters. The number of nitrogens with zero attached hydrogens (tertiary/aromatic N) is 4. The van der Waals surface area contributed by atoms with Crippen molar-refractivity contribution in [2.45, 2.75) is 53.0 Å². The maximum atomic E-state index is 15.1. The van der Waals surface area contributed by atoms with E-state index in [0.29, 0.717) is 29.3 Å². The quantitative estimate of drug-likeness (QED) is 0.407. The fourth-order valence-corrected chi connectivity index (χ4v) is 4.44. The molecule has 0 aromatic heterocycles. The number of halogens is 3. The third-order valence-corrected chi connectivity index (χ3v) is 6.53. The predicted molar refractivity (Wildman–Crippen MR) is 139 cm³/mol. The highest BCUT2D eigenvalue weighted by Gasteiger charge is 2.26. The smallest absolute Gasteiger partial charge is 0.278 e. The van der Waals surface area contributed by atoms with Crippen LogP contribution < -0.4 is 4.90 Å². The molecule has 0 bridgehead atoms. The van der Waals surface area contributed by atoms with Gasteiger partial charge in [0.05, 0.1) is 12.3 Å². The van der Waals surface area contributed by atoms with Crippen LogP contribution in [0.4, 0.5) is 18.9 Å². The third-order valence-electron chi connectivity index (χ3n) is 6.53. The molecule has 0 radical (unpaired) electrons. The summed E-state index contributed by atoms with van der Waals surface area (Å²) in [5.41, 5.74) is 3.04. The molecule has 35 heavy (non-hydrogen) atoms. The zero-order valence-electron chi connectivity index (χ0n) is 20.9.